The third kappa shape index (κ3) is 5.46. The van der Waals surface area contributed by atoms with Crippen molar-refractivity contribution >= 4 is 11.8 Å². The van der Waals surface area contributed by atoms with Gasteiger partial charge in [-0.2, -0.15) is 0 Å². The first-order valence-electron chi connectivity index (χ1n) is 8.75. The van der Waals surface area contributed by atoms with Crippen molar-refractivity contribution in [3.05, 3.63) is 0 Å². The fraction of sp³-hybridized carbons (Fsp3) is 0.882. The van der Waals surface area contributed by atoms with Gasteiger partial charge < -0.3 is 15.0 Å². The van der Waals surface area contributed by atoms with Gasteiger partial charge in [0.2, 0.25) is 11.8 Å². The van der Waals surface area contributed by atoms with Gasteiger partial charge in [-0.3, -0.25) is 14.5 Å². The lowest BCUT2D eigenvalue weighted by Gasteiger charge is -2.35. The molecule has 0 aromatic carbocycles. The van der Waals surface area contributed by atoms with Gasteiger partial charge in [-0.15, -0.1) is 0 Å². The number of likely N-dealkylation sites (tertiary alicyclic amines) is 1. The minimum Gasteiger partial charge on any atom is -0.379 e. The van der Waals surface area contributed by atoms with Crippen molar-refractivity contribution in [3.8, 4) is 0 Å². The molecule has 0 aromatic rings. The molecule has 2 rings (SSSR count). The van der Waals surface area contributed by atoms with Crippen molar-refractivity contribution in [2.45, 2.75) is 33.6 Å². The van der Waals surface area contributed by atoms with Crippen LogP contribution in [0.25, 0.3) is 0 Å². The van der Waals surface area contributed by atoms with Gasteiger partial charge in [0.05, 0.1) is 13.2 Å². The smallest absolute Gasteiger partial charge is 0.227 e. The highest BCUT2D eigenvalue weighted by atomic mass is 16.5. The van der Waals surface area contributed by atoms with Crippen LogP contribution in [-0.2, 0) is 14.3 Å². The number of piperidine rings is 1. The molecule has 0 spiro atoms. The average molecular weight is 325 g/mol. The molecule has 0 saturated carbocycles. The molecule has 2 heterocycles. The van der Waals surface area contributed by atoms with Crippen molar-refractivity contribution in [1.29, 1.82) is 0 Å². The highest BCUT2D eigenvalue weighted by Gasteiger charge is 2.32. The standard InChI is InChI=1S/C17H31N3O3/c1-17(2,3)16(22)20-7-4-14(5-8-20)15(21)18-6-9-19-10-12-23-13-11-19/h14H,4-13H2,1-3H3,(H,18,21). The first kappa shape index (κ1) is 18.2. The number of amides is 2. The molecule has 0 atom stereocenters. The molecule has 2 amide bonds. The SMILES string of the molecule is CC(C)(C)C(=O)N1CCC(C(=O)NCCN2CCOCC2)CC1. The van der Waals surface area contributed by atoms with Gasteiger partial charge in [-0.25, -0.2) is 0 Å². The fourth-order valence-electron chi connectivity index (χ4n) is 3.13. The van der Waals surface area contributed by atoms with Crippen molar-refractivity contribution in [2.75, 3.05) is 52.5 Å². The van der Waals surface area contributed by atoms with Gasteiger partial charge >= 0.3 is 0 Å². The van der Waals surface area contributed by atoms with Gasteiger partial charge in [0.25, 0.3) is 0 Å². The van der Waals surface area contributed by atoms with E-state index in [-0.39, 0.29) is 23.1 Å². The molecule has 23 heavy (non-hydrogen) atoms. The van der Waals surface area contributed by atoms with Crippen molar-refractivity contribution in [1.82, 2.24) is 15.1 Å². The largest absolute Gasteiger partial charge is 0.379 e. The van der Waals surface area contributed by atoms with Crippen LogP contribution in [0.3, 0.4) is 0 Å². The van der Waals surface area contributed by atoms with Crippen LogP contribution in [0.15, 0.2) is 0 Å². The van der Waals surface area contributed by atoms with Gasteiger partial charge in [0.15, 0.2) is 0 Å². The van der Waals surface area contributed by atoms with Gasteiger partial charge in [0.1, 0.15) is 0 Å². The summed E-state index contributed by atoms with van der Waals surface area (Å²) in [4.78, 5) is 28.7. The Kier molecular flexibility index (Phi) is 6.41. The molecule has 2 fully saturated rings. The Bertz CT molecular complexity index is 406. The molecule has 0 radical (unpaired) electrons. The van der Waals surface area contributed by atoms with Gasteiger partial charge in [0, 0.05) is 50.6 Å². The predicted octanol–water partition coefficient (Wildman–Crippen LogP) is 0.720. The highest BCUT2D eigenvalue weighted by molar-refractivity contribution is 5.82. The van der Waals surface area contributed by atoms with E-state index in [0.29, 0.717) is 19.6 Å². The summed E-state index contributed by atoms with van der Waals surface area (Å²) in [6, 6.07) is 0. The number of hydrogen-bond acceptors (Lipinski definition) is 4. The Morgan fingerprint density at radius 1 is 1.09 bits per heavy atom. The Labute approximate surface area is 139 Å². The Balaban J connectivity index is 1.66. The van der Waals surface area contributed by atoms with E-state index in [2.05, 4.69) is 10.2 Å². The fourth-order valence-corrected chi connectivity index (χ4v) is 3.13. The van der Waals surface area contributed by atoms with Crippen molar-refractivity contribution in [2.24, 2.45) is 11.3 Å². The molecule has 132 valence electrons. The topological polar surface area (TPSA) is 61.9 Å². The van der Waals surface area contributed by atoms with Crippen LogP contribution in [0, 0.1) is 11.3 Å². The molecule has 0 aromatic heterocycles. The molecule has 0 unspecified atom stereocenters. The number of rotatable bonds is 4. The molecule has 2 saturated heterocycles. The second kappa shape index (κ2) is 8.11. The van der Waals surface area contributed by atoms with Crippen LogP contribution >= 0.6 is 0 Å². The monoisotopic (exact) mass is 325 g/mol. The molecule has 2 aliphatic rings. The number of hydrogen-bond donors (Lipinski definition) is 1. The van der Waals surface area contributed by atoms with E-state index >= 15 is 0 Å². The number of morpholine rings is 1. The lowest BCUT2D eigenvalue weighted by molar-refractivity contribution is -0.142. The Morgan fingerprint density at radius 3 is 2.26 bits per heavy atom. The summed E-state index contributed by atoms with van der Waals surface area (Å²) in [6.07, 6.45) is 1.54. The third-order valence-corrected chi connectivity index (χ3v) is 4.63. The minimum atomic E-state index is -0.340. The molecule has 2 aliphatic heterocycles. The summed E-state index contributed by atoms with van der Waals surface area (Å²) in [7, 11) is 0. The summed E-state index contributed by atoms with van der Waals surface area (Å²) in [5.41, 5.74) is -0.340. The number of carbonyl (C=O) groups excluding carboxylic acids is 2. The van der Waals surface area contributed by atoms with Crippen molar-refractivity contribution in [3.63, 3.8) is 0 Å². The maximum atomic E-state index is 12.3. The van der Waals surface area contributed by atoms with E-state index in [1.165, 1.54) is 0 Å². The second-order valence-corrected chi connectivity index (χ2v) is 7.56. The lowest BCUT2D eigenvalue weighted by atomic mass is 9.90. The van der Waals surface area contributed by atoms with Crippen LogP contribution in [0.2, 0.25) is 0 Å². The zero-order valence-corrected chi connectivity index (χ0v) is 14.8. The number of carbonyl (C=O) groups is 2. The van der Waals surface area contributed by atoms with E-state index in [9.17, 15) is 9.59 Å². The molecular formula is C17H31N3O3. The van der Waals surface area contributed by atoms with Crippen LogP contribution in [0.5, 0.6) is 0 Å². The molecule has 0 aliphatic carbocycles. The Morgan fingerprint density at radius 2 is 1.70 bits per heavy atom. The molecule has 1 N–H and O–H groups in total. The van der Waals surface area contributed by atoms with E-state index in [4.69, 9.17) is 4.74 Å². The molecule has 0 bridgehead atoms. The summed E-state index contributed by atoms with van der Waals surface area (Å²) >= 11 is 0. The summed E-state index contributed by atoms with van der Waals surface area (Å²) in [6.45, 7) is 12.3. The first-order chi connectivity index (χ1) is 10.9. The van der Waals surface area contributed by atoms with Gasteiger partial charge in [-0.1, -0.05) is 20.8 Å². The zero-order chi connectivity index (χ0) is 16.9. The molecule has 6 heteroatoms. The van der Waals surface area contributed by atoms with Crippen LogP contribution in [-0.4, -0.2) is 74.1 Å². The predicted molar refractivity (Wildman–Crippen MR) is 89.0 cm³/mol. The number of ether oxygens (including phenoxy) is 1. The average Bonchev–Trinajstić information content (AvgIpc) is 2.54. The minimum absolute atomic E-state index is 0.0451. The summed E-state index contributed by atoms with van der Waals surface area (Å²) in [5.74, 6) is 0.369. The summed E-state index contributed by atoms with van der Waals surface area (Å²) in [5, 5.41) is 3.05. The van der Waals surface area contributed by atoms with Crippen LogP contribution in [0.4, 0.5) is 0 Å². The van der Waals surface area contributed by atoms with Crippen molar-refractivity contribution < 1.29 is 14.3 Å². The lowest BCUT2D eigenvalue weighted by Crippen LogP contribution is -2.47. The molecule has 6 nitrogen and oxygen atoms in total. The number of nitrogens with one attached hydrogen (secondary N) is 1. The van der Waals surface area contributed by atoms with E-state index in [1.807, 2.05) is 25.7 Å². The third-order valence-electron chi connectivity index (χ3n) is 4.63. The normalized spacial score (nSPS) is 21.3. The zero-order valence-electron chi connectivity index (χ0n) is 14.8. The van der Waals surface area contributed by atoms with E-state index in [0.717, 1.165) is 45.7 Å². The second-order valence-electron chi connectivity index (χ2n) is 7.56. The van der Waals surface area contributed by atoms with Crippen LogP contribution < -0.4 is 5.32 Å². The summed E-state index contributed by atoms with van der Waals surface area (Å²) < 4.78 is 5.31. The van der Waals surface area contributed by atoms with Crippen LogP contribution in [0.1, 0.15) is 33.6 Å². The molecular weight excluding hydrogens is 294 g/mol. The maximum Gasteiger partial charge on any atom is 0.227 e. The highest BCUT2D eigenvalue weighted by Crippen LogP contribution is 2.23. The van der Waals surface area contributed by atoms with E-state index in [1.54, 1.807) is 0 Å². The quantitative estimate of drug-likeness (QED) is 0.827. The Hall–Kier alpha value is -1.14. The maximum absolute atomic E-state index is 12.3. The van der Waals surface area contributed by atoms with E-state index < -0.39 is 0 Å². The first-order valence-corrected chi connectivity index (χ1v) is 8.75. The number of nitrogens with zero attached hydrogens (tertiary/aromatic N) is 2. The van der Waals surface area contributed by atoms with Gasteiger partial charge in [-0.05, 0) is 12.8 Å².